The Morgan fingerprint density at radius 1 is 1.34 bits per heavy atom. The van der Waals surface area contributed by atoms with Gasteiger partial charge in [-0.25, -0.2) is 13.4 Å². The Kier molecular flexibility index (Phi) is 7.33. The van der Waals surface area contributed by atoms with E-state index in [4.69, 9.17) is 11.6 Å². The van der Waals surface area contributed by atoms with E-state index in [0.717, 1.165) is 6.07 Å². The maximum atomic E-state index is 13.1. The van der Waals surface area contributed by atoms with Gasteiger partial charge >= 0.3 is 0 Å². The van der Waals surface area contributed by atoms with Gasteiger partial charge in [-0.2, -0.15) is 4.31 Å². The van der Waals surface area contributed by atoms with E-state index in [1.807, 2.05) is 13.8 Å². The molecule has 1 aromatic heterocycles. The molecule has 0 aliphatic heterocycles. The molecule has 0 radical (unpaired) electrons. The zero-order valence-corrected chi connectivity index (χ0v) is 18.6. The summed E-state index contributed by atoms with van der Waals surface area (Å²) >= 11 is 6.95. The van der Waals surface area contributed by atoms with Crippen molar-refractivity contribution in [3.63, 3.8) is 0 Å². The van der Waals surface area contributed by atoms with Gasteiger partial charge < -0.3 is 5.32 Å². The van der Waals surface area contributed by atoms with Crippen LogP contribution in [-0.4, -0.2) is 40.6 Å². The average molecular weight is 461 g/mol. The molecular weight excluding hydrogens is 440 g/mol. The van der Waals surface area contributed by atoms with E-state index in [-0.39, 0.29) is 34.1 Å². The minimum absolute atomic E-state index is 0.0547. The highest BCUT2D eigenvalue weighted by Crippen LogP contribution is 2.30. The van der Waals surface area contributed by atoms with Gasteiger partial charge in [0.05, 0.1) is 16.4 Å². The van der Waals surface area contributed by atoms with Crippen molar-refractivity contribution in [2.45, 2.75) is 51.2 Å². The molecule has 9 nitrogen and oxygen atoms in total. The standard InChI is InChI=1S/C17H21ClN4O5S2/c1-10(2)19-17(23)14-9-28-16(20-14)8-21(11(3)4)29(26,27)12-5-6-13(18)15(7-12)22(24)25/h5-7,9-11H,8H2,1-4H3,(H,19,23). The summed E-state index contributed by atoms with van der Waals surface area (Å²) in [5.74, 6) is -0.338. The van der Waals surface area contributed by atoms with Gasteiger partial charge in [0.15, 0.2) is 0 Å². The molecule has 0 bridgehead atoms. The quantitative estimate of drug-likeness (QED) is 0.475. The van der Waals surface area contributed by atoms with Crippen molar-refractivity contribution in [3.8, 4) is 0 Å². The molecule has 1 amide bonds. The maximum absolute atomic E-state index is 13.1. The number of nitrogens with zero attached hydrogens (tertiary/aromatic N) is 3. The molecule has 29 heavy (non-hydrogen) atoms. The number of aromatic nitrogens is 1. The number of halogens is 1. The number of hydrogen-bond acceptors (Lipinski definition) is 7. The van der Waals surface area contributed by atoms with Crippen molar-refractivity contribution in [2.75, 3.05) is 0 Å². The van der Waals surface area contributed by atoms with Gasteiger partial charge in [-0.15, -0.1) is 11.3 Å². The highest BCUT2D eigenvalue weighted by molar-refractivity contribution is 7.89. The number of nitrogens with one attached hydrogen (secondary N) is 1. The zero-order chi connectivity index (χ0) is 21.9. The maximum Gasteiger partial charge on any atom is 0.289 e. The molecule has 158 valence electrons. The van der Waals surface area contributed by atoms with Gasteiger partial charge in [-0.3, -0.25) is 14.9 Å². The van der Waals surface area contributed by atoms with Crippen molar-refractivity contribution in [2.24, 2.45) is 0 Å². The van der Waals surface area contributed by atoms with Gasteiger partial charge in [0, 0.05) is 23.5 Å². The summed E-state index contributed by atoms with van der Waals surface area (Å²) in [7, 11) is -4.06. The molecule has 0 atom stereocenters. The Hall–Kier alpha value is -2.08. The number of hydrogen-bond donors (Lipinski definition) is 1. The predicted octanol–water partition coefficient (Wildman–Crippen LogP) is 3.44. The highest BCUT2D eigenvalue weighted by Gasteiger charge is 2.30. The van der Waals surface area contributed by atoms with Crippen molar-refractivity contribution >= 4 is 44.6 Å². The van der Waals surface area contributed by atoms with E-state index in [9.17, 15) is 23.3 Å². The molecule has 0 saturated carbocycles. The SMILES string of the molecule is CC(C)NC(=O)c1csc(CN(C(C)C)S(=O)(=O)c2ccc(Cl)c([N+](=O)[O-])c2)n1. The number of nitro groups is 1. The lowest BCUT2D eigenvalue weighted by atomic mass is 10.3. The van der Waals surface area contributed by atoms with Crippen LogP contribution in [0.5, 0.6) is 0 Å². The van der Waals surface area contributed by atoms with E-state index in [0.29, 0.717) is 5.01 Å². The number of thiazole rings is 1. The normalized spacial score (nSPS) is 12.0. The monoisotopic (exact) mass is 460 g/mol. The Bertz CT molecular complexity index is 1020. The van der Waals surface area contributed by atoms with Crippen LogP contribution in [0.2, 0.25) is 5.02 Å². The molecule has 0 fully saturated rings. The van der Waals surface area contributed by atoms with Crippen LogP contribution in [0.1, 0.15) is 43.2 Å². The second-order valence-corrected chi connectivity index (χ2v) is 10.0. The van der Waals surface area contributed by atoms with Crippen molar-refractivity contribution in [1.82, 2.24) is 14.6 Å². The lowest BCUT2D eigenvalue weighted by Crippen LogP contribution is -2.36. The Morgan fingerprint density at radius 3 is 2.55 bits per heavy atom. The third-order valence-electron chi connectivity index (χ3n) is 3.79. The highest BCUT2D eigenvalue weighted by atomic mass is 35.5. The first-order chi connectivity index (χ1) is 13.4. The number of nitro benzene ring substituents is 1. The molecule has 2 aromatic rings. The number of carbonyl (C=O) groups excluding carboxylic acids is 1. The van der Waals surface area contributed by atoms with Crippen molar-refractivity contribution < 1.29 is 18.1 Å². The smallest absolute Gasteiger partial charge is 0.289 e. The molecule has 1 aromatic carbocycles. The molecule has 0 aliphatic carbocycles. The van der Waals surface area contributed by atoms with E-state index in [1.54, 1.807) is 19.2 Å². The van der Waals surface area contributed by atoms with Gasteiger partial charge in [0.1, 0.15) is 15.7 Å². The Morgan fingerprint density at radius 2 is 2.00 bits per heavy atom. The van der Waals surface area contributed by atoms with Crippen LogP contribution in [0.25, 0.3) is 0 Å². The lowest BCUT2D eigenvalue weighted by molar-refractivity contribution is -0.384. The number of amides is 1. The summed E-state index contributed by atoms with van der Waals surface area (Å²) in [4.78, 5) is 26.4. The molecule has 0 unspecified atom stereocenters. The summed E-state index contributed by atoms with van der Waals surface area (Å²) in [5.41, 5.74) is -0.278. The van der Waals surface area contributed by atoms with Crippen LogP contribution in [0.15, 0.2) is 28.5 Å². The first kappa shape index (κ1) is 23.2. The number of rotatable bonds is 8. The van der Waals surface area contributed by atoms with Crippen LogP contribution in [0.3, 0.4) is 0 Å². The summed E-state index contributed by atoms with van der Waals surface area (Å²) < 4.78 is 27.4. The number of benzene rings is 1. The van der Waals surface area contributed by atoms with E-state index >= 15 is 0 Å². The van der Waals surface area contributed by atoms with Gasteiger partial charge in [0.25, 0.3) is 11.6 Å². The molecule has 1 heterocycles. The Labute approximate surface area is 177 Å². The van der Waals surface area contributed by atoms with E-state index in [1.165, 1.54) is 27.8 Å². The molecule has 0 spiro atoms. The van der Waals surface area contributed by atoms with Gasteiger partial charge in [-0.1, -0.05) is 11.6 Å². The van der Waals surface area contributed by atoms with Crippen LogP contribution in [-0.2, 0) is 16.6 Å². The largest absolute Gasteiger partial charge is 0.349 e. The van der Waals surface area contributed by atoms with E-state index < -0.39 is 26.7 Å². The zero-order valence-electron chi connectivity index (χ0n) is 16.2. The fourth-order valence-corrected chi connectivity index (χ4v) is 5.09. The molecule has 0 saturated heterocycles. The fraction of sp³-hybridized carbons (Fsp3) is 0.412. The van der Waals surface area contributed by atoms with Crippen LogP contribution < -0.4 is 5.32 Å². The third kappa shape index (κ3) is 5.50. The predicted molar refractivity (Wildman–Crippen MR) is 111 cm³/mol. The summed E-state index contributed by atoms with van der Waals surface area (Å²) in [5, 5.41) is 15.7. The van der Waals surface area contributed by atoms with Crippen LogP contribution in [0, 0.1) is 10.1 Å². The Balaban J connectivity index is 2.35. The van der Waals surface area contributed by atoms with Gasteiger partial charge in [-0.05, 0) is 39.8 Å². The molecule has 0 aliphatic rings. The fourth-order valence-electron chi connectivity index (χ4n) is 2.43. The lowest BCUT2D eigenvalue weighted by Gasteiger charge is -2.25. The summed E-state index contributed by atoms with van der Waals surface area (Å²) in [6.07, 6.45) is 0. The van der Waals surface area contributed by atoms with Crippen molar-refractivity contribution in [1.29, 1.82) is 0 Å². The molecule has 2 rings (SSSR count). The van der Waals surface area contributed by atoms with Gasteiger partial charge in [0.2, 0.25) is 10.0 Å². The minimum Gasteiger partial charge on any atom is -0.349 e. The van der Waals surface area contributed by atoms with Crippen LogP contribution in [0.4, 0.5) is 5.69 Å². The van der Waals surface area contributed by atoms with Crippen molar-refractivity contribution in [3.05, 3.63) is 49.4 Å². The molecular formula is C17H21ClN4O5S2. The number of sulfonamides is 1. The third-order valence-corrected chi connectivity index (χ3v) is 6.96. The first-order valence-corrected chi connectivity index (χ1v) is 11.3. The van der Waals surface area contributed by atoms with Crippen LogP contribution >= 0.6 is 22.9 Å². The average Bonchev–Trinajstić information content (AvgIpc) is 3.07. The second kappa shape index (κ2) is 9.16. The number of carbonyl (C=O) groups is 1. The second-order valence-electron chi connectivity index (χ2n) is 6.77. The first-order valence-electron chi connectivity index (χ1n) is 8.64. The molecule has 12 heteroatoms. The minimum atomic E-state index is -4.06. The summed E-state index contributed by atoms with van der Waals surface area (Å²) in [6, 6.07) is 2.84. The molecule has 1 N–H and O–H groups in total. The topological polar surface area (TPSA) is 123 Å². The summed E-state index contributed by atoms with van der Waals surface area (Å²) in [6.45, 7) is 6.94. The van der Waals surface area contributed by atoms with E-state index in [2.05, 4.69) is 10.3 Å².